The Hall–Kier alpha value is -1.97. The first-order valence-corrected chi connectivity index (χ1v) is 5.28. The van der Waals surface area contributed by atoms with Gasteiger partial charge in [0.2, 0.25) is 0 Å². The summed E-state index contributed by atoms with van der Waals surface area (Å²) >= 11 is 0. The lowest BCUT2D eigenvalue weighted by Crippen LogP contribution is -1.98. The van der Waals surface area contributed by atoms with E-state index in [1.807, 2.05) is 6.07 Å². The molecule has 0 bridgehead atoms. The van der Waals surface area contributed by atoms with E-state index in [0.29, 0.717) is 18.1 Å². The van der Waals surface area contributed by atoms with Gasteiger partial charge in [0.05, 0.1) is 20.8 Å². The number of carbonyl (C=O) groups is 1. The molecule has 4 nitrogen and oxygen atoms in total. The topological polar surface area (TPSA) is 44.8 Å². The highest BCUT2D eigenvalue weighted by Gasteiger charge is 2.03. The first-order valence-electron chi connectivity index (χ1n) is 5.28. The van der Waals surface area contributed by atoms with Crippen molar-refractivity contribution in [1.82, 2.24) is 0 Å². The number of ether oxygens (including phenoxy) is 3. The lowest BCUT2D eigenvalue weighted by Gasteiger charge is -2.07. The minimum Gasteiger partial charge on any atom is -0.493 e. The summed E-state index contributed by atoms with van der Waals surface area (Å²) in [6, 6.07) is 5.40. The SMILES string of the molecule is CCOC(=O)/C=C/c1ccc(OC)c(OC)c1. The number of hydrogen-bond donors (Lipinski definition) is 0. The molecule has 0 aliphatic rings. The Bertz CT molecular complexity index is 410. The highest BCUT2D eigenvalue weighted by atomic mass is 16.5. The van der Waals surface area contributed by atoms with Gasteiger partial charge in [0.15, 0.2) is 11.5 Å². The van der Waals surface area contributed by atoms with E-state index in [1.165, 1.54) is 6.08 Å². The first-order chi connectivity index (χ1) is 8.21. The van der Waals surface area contributed by atoms with Gasteiger partial charge in [-0.15, -0.1) is 0 Å². The molecule has 0 saturated heterocycles. The molecule has 0 unspecified atom stereocenters. The van der Waals surface area contributed by atoms with Gasteiger partial charge in [0, 0.05) is 6.08 Å². The number of esters is 1. The van der Waals surface area contributed by atoms with Crippen LogP contribution in [0.2, 0.25) is 0 Å². The highest BCUT2D eigenvalue weighted by Crippen LogP contribution is 2.27. The van der Waals surface area contributed by atoms with Crippen molar-refractivity contribution in [3.05, 3.63) is 29.8 Å². The number of hydrogen-bond acceptors (Lipinski definition) is 4. The fourth-order valence-electron chi connectivity index (χ4n) is 1.31. The Morgan fingerprint density at radius 1 is 1.24 bits per heavy atom. The van der Waals surface area contributed by atoms with E-state index in [4.69, 9.17) is 14.2 Å². The first kappa shape index (κ1) is 13.1. The maximum atomic E-state index is 11.1. The average Bonchev–Trinajstić information content (AvgIpc) is 2.36. The van der Waals surface area contributed by atoms with E-state index >= 15 is 0 Å². The van der Waals surface area contributed by atoms with E-state index in [2.05, 4.69) is 0 Å². The third-order valence-corrected chi connectivity index (χ3v) is 2.11. The molecule has 1 aromatic rings. The number of methoxy groups -OCH3 is 2. The van der Waals surface area contributed by atoms with Crippen LogP contribution in [0.25, 0.3) is 6.08 Å². The molecule has 0 N–H and O–H groups in total. The molecular formula is C13H16O4. The van der Waals surface area contributed by atoms with Crippen molar-refractivity contribution < 1.29 is 19.0 Å². The van der Waals surface area contributed by atoms with Crippen LogP contribution < -0.4 is 9.47 Å². The van der Waals surface area contributed by atoms with Crippen molar-refractivity contribution in [1.29, 1.82) is 0 Å². The molecule has 0 spiro atoms. The minimum atomic E-state index is -0.359. The molecule has 92 valence electrons. The van der Waals surface area contributed by atoms with E-state index in [9.17, 15) is 4.79 Å². The second-order valence-electron chi connectivity index (χ2n) is 3.20. The Morgan fingerprint density at radius 2 is 1.94 bits per heavy atom. The Kier molecular flexibility index (Phi) is 5.07. The van der Waals surface area contributed by atoms with Gasteiger partial charge in [0.1, 0.15) is 0 Å². The molecule has 0 amide bonds. The smallest absolute Gasteiger partial charge is 0.330 e. The zero-order chi connectivity index (χ0) is 12.7. The van der Waals surface area contributed by atoms with Crippen LogP contribution in [0.15, 0.2) is 24.3 Å². The normalized spacial score (nSPS) is 10.3. The quantitative estimate of drug-likeness (QED) is 0.581. The van der Waals surface area contributed by atoms with Crippen molar-refractivity contribution in [3.63, 3.8) is 0 Å². The number of carbonyl (C=O) groups excluding carboxylic acids is 1. The zero-order valence-electron chi connectivity index (χ0n) is 10.2. The summed E-state index contributed by atoms with van der Waals surface area (Å²) in [5, 5.41) is 0. The minimum absolute atomic E-state index is 0.359. The van der Waals surface area contributed by atoms with Gasteiger partial charge in [-0.2, -0.15) is 0 Å². The van der Waals surface area contributed by atoms with E-state index in [-0.39, 0.29) is 5.97 Å². The van der Waals surface area contributed by atoms with Crippen molar-refractivity contribution in [2.45, 2.75) is 6.92 Å². The molecule has 0 aliphatic carbocycles. The van der Waals surface area contributed by atoms with Crippen LogP contribution in [0, 0.1) is 0 Å². The van der Waals surface area contributed by atoms with Crippen LogP contribution in [0.4, 0.5) is 0 Å². The van der Waals surface area contributed by atoms with Crippen LogP contribution in [0.5, 0.6) is 11.5 Å². The van der Waals surface area contributed by atoms with Crippen molar-refractivity contribution in [2.75, 3.05) is 20.8 Å². The van der Waals surface area contributed by atoms with Gasteiger partial charge in [-0.25, -0.2) is 4.79 Å². The number of rotatable bonds is 5. The van der Waals surface area contributed by atoms with E-state index in [0.717, 1.165) is 5.56 Å². The Balaban J connectivity index is 2.82. The predicted molar refractivity (Wildman–Crippen MR) is 65.2 cm³/mol. The molecule has 0 heterocycles. The molecular weight excluding hydrogens is 220 g/mol. The lowest BCUT2D eigenvalue weighted by molar-refractivity contribution is -0.137. The molecule has 0 saturated carbocycles. The predicted octanol–water partition coefficient (Wildman–Crippen LogP) is 2.28. The van der Waals surface area contributed by atoms with Gasteiger partial charge in [-0.05, 0) is 30.7 Å². The van der Waals surface area contributed by atoms with Gasteiger partial charge in [-0.3, -0.25) is 0 Å². The van der Waals surface area contributed by atoms with Crippen LogP contribution in [-0.4, -0.2) is 26.8 Å². The second kappa shape index (κ2) is 6.58. The summed E-state index contributed by atoms with van der Waals surface area (Å²) in [7, 11) is 3.14. The van der Waals surface area contributed by atoms with Crippen LogP contribution in [-0.2, 0) is 9.53 Å². The van der Waals surface area contributed by atoms with E-state index < -0.39 is 0 Å². The summed E-state index contributed by atoms with van der Waals surface area (Å²) in [6.07, 6.45) is 3.05. The summed E-state index contributed by atoms with van der Waals surface area (Å²) < 4.78 is 15.1. The second-order valence-corrected chi connectivity index (χ2v) is 3.20. The van der Waals surface area contributed by atoms with Crippen LogP contribution >= 0.6 is 0 Å². The summed E-state index contributed by atoms with van der Waals surface area (Å²) in [6.45, 7) is 2.14. The molecule has 0 aliphatic heterocycles. The third-order valence-electron chi connectivity index (χ3n) is 2.11. The molecule has 1 rings (SSSR count). The molecule has 17 heavy (non-hydrogen) atoms. The fraction of sp³-hybridized carbons (Fsp3) is 0.308. The molecule has 4 heteroatoms. The monoisotopic (exact) mass is 236 g/mol. The maximum absolute atomic E-state index is 11.1. The summed E-state index contributed by atoms with van der Waals surface area (Å²) in [5.74, 6) is 0.918. The summed E-state index contributed by atoms with van der Waals surface area (Å²) in [4.78, 5) is 11.1. The van der Waals surface area contributed by atoms with Crippen LogP contribution in [0.1, 0.15) is 12.5 Å². The third kappa shape index (κ3) is 3.83. The van der Waals surface area contributed by atoms with Crippen molar-refractivity contribution in [2.24, 2.45) is 0 Å². The zero-order valence-corrected chi connectivity index (χ0v) is 10.2. The molecule has 1 aromatic carbocycles. The average molecular weight is 236 g/mol. The van der Waals surface area contributed by atoms with Gasteiger partial charge >= 0.3 is 5.97 Å². The summed E-state index contributed by atoms with van der Waals surface area (Å²) in [5.41, 5.74) is 0.843. The largest absolute Gasteiger partial charge is 0.493 e. The highest BCUT2D eigenvalue weighted by molar-refractivity contribution is 5.87. The number of benzene rings is 1. The molecule has 0 radical (unpaired) electrons. The molecule has 0 fully saturated rings. The van der Waals surface area contributed by atoms with Crippen molar-refractivity contribution >= 4 is 12.0 Å². The van der Waals surface area contributed by atoms with E-state index in [1.54, 1.807) is 39.4 Å². The lowest BCUT2D eigenvalue weighted by atomic mass is 10.2. The molecule has 0 atom stereocenters. The maximum Gasteiger partial charge on any atom is 0.330 e. The Labute approximate surface area is 101 Å². The van der Waals surface area contributed by atoms with Crippen LogP contribution in [0.3, 0.4) is 0 Å². The molecule has 0 aromatic heterocycles. The van der Waals surface area contributed by atoms with Crippen molar-refractivity contribution in [3.8, 4) is 11.5 Å². The fourth-order valence-corrected chi connectivity index (χ4v) is 1.31. The Morgan fingerprint density at radius 3 is 2.53 bits per heavy atom. The van der Waals surface area contributed by atoms with Gasteiger partial charge < -0.3 is 14.2 Å². The van der Waals surface area contributed by atoms with Gasteiger partial charge in [0.25, 0.3) is 0 Å². The standard InChI is InChI=1S/C13H16O4/c1-4-17-13(14)8-6-10-5-7-11(15-2)12(9-10)16-3/h5-9H,4H2,1-3H3/b8-6+. The van der Waals surface area contributed by atoms with Gasteiger partial charge in [-0.1, -0.05) is 6.07 Å².